The Kier molecular flexibility index (Phi) is 6.54. The first-order chi connectivity index (χ1) is 11.0. The molecule has 0 aliphatic heterocycles. The molecule has 5 heteroatoms. The summed E-state index contributed by atoms with van der Waals surface area (Å²) >= 11 is 0. The van der Waals surface area contributed by atoms with Crippen LogP contribution in [0.15, 0.2) is 24.3 Å². The van der Waals surface area contributed by atoms with Crippen molar-refractivity contribution in [1.29, 1.82) is 0 Å². The van der Waals surface area contributed by atoms with Crippen molar-refractivity contribution in [3.63, 3.8) is 0 Å². The van der Waals surface area contributed by atoms with Crippen LogP contribution in [-0.4, -0.2) is 17.2 Å². The Morgan fingerprint density at radius 2 is 1.65 bits per heavy atom. The van der Waals surface area contributed by atoms with E-state index in [-0.39, 0.29) is 5.39 Å². The van der Waals surface area contributed by atoms with Crippen LogP contribution in [0, 0.1) is 11.6 Å². The topological polar surface area (TPSA) is 40.5 Å². The highest BCUT2D eigenvalue weighted by atomic mass is 19.1. The predicted molar refractivity (Wildman–Crippen MR) is 90.8 cm³/mol. The highest BCUT2D eigenvalue weighted by Crippen LogP contribution is 2.21. The number of halogens is 2. The largest absolute Gasteiger partial charge is 0.494 e. The van der Waals surface area contributed by atoms with E-state index in [1.54, 1.807) is 12.1 Å². The molecule has 0 saturated heterocycles. The minimum atomic E-state index is -2.15. The number of fused-ring (bicyclic) bond motifs is 1. The van der Waals surface area contributed by atoms with Crippen molar-refractivity contribution in [2.24, 2.45) is 0 Å². The van der Waals surface area contributed by atoms with Gasteiger partial charge in [0.15, 0.2) is 0 Å². The summed E-state index contributed by atoms with van der Waals surface area (Å²) in [5.74, 6) is -1.83. The van der Waals surface area contributed by atoms with Crippen molar-refractivity contribution in [3.05, 3.63) is 41.5 Å². The van der Waals surface area contributed by atoms with Crippen molar-refractivity contribution in [1.82, 2.24) is 0 Å². The van der Waals surface area contributed by atoms with Crippen LogP contribution in [0.5, 0.6) is 0 Å². The van der Waals surface area contributed by atoms with Gasteiger partial charge in [0.2, 0.25) is 0 Å². The minimum absolute atomic E-state index is 0.209. The lowest BCUT2D eigenvalue weighted by Gasteiger charge is -2.09. The monoisotopic (exact) mass is 320 g/mol. The van der Waals surface area contributed by atoms with Crippen molar-refractivity contribution in [2.45, 2.75) is 51.9 Å². The first-order valence-electron chi connectivity index (χ1n) is 8.31. The van der Waals surface area contributed by atoms with Crippen LogP contribution in [0.4, 0.5) is 8.78 Å². The van der Waals surface area contributed by atoms with E-state index in [4.69, 9.17) is 10.0 Å². The second-order valence-electron chi connectivity index (χ2n) is 6.03. The summed E-state index contributed by atoms with van der Waals surface area (Å²) in [5.41, 5.74) is 0.352. The first-order valence-corrected chi connectivity index (χ1v) is 8.31. The zero-order valence-corrected chi connectivity index (χ0v) is 13.5. The molecule has 0 atom stereocenters. The summed E-state index contributed by atoms with van der Waals surface area (Å²) in [6.07, 6.45) is 8.10. The van der Waals surface area contributed by atoms with Gasteiger partial charge in [0, 0.05) is 5.39 Å². The predicted octanol–water partition coefficient (Wildman–Crippen LogP) is 3.70. The standard InChI is InChI=1S/C18H23BF2O2/c1-2-3-4-5-6-7-8-13-9-10-15-14(11-13)12-16(20)17(18(15)21)19(22)23/h9-12,22-23H,2-8H2,1H3. The van der Waals surface area contributed by atoms with Gasteiger partial charge in [-0.3, -0.25) is 0 Å². The molecule has 0 bridgehead atoms. The van der Waals surface area contributed by atoms with Crippen LogP contribution >= 0.6 is 0 Å². The smallest absolute Gasteiger partial charge is 0.423 e. The Balaban J connectivity index is 2.09. The summed E-state index contributed by atoms with van der Waals surface area (Å²) in [6.45, 7) is 2.19. The van der Waals surface area contributed by atoms with Gasteiger partial charge in [-0.2, -0.15) is 0 Å². The number of hydrogen-bond donors (Lipinski definition) is 2. The Morgan fingerprint density at radius 3 is 2.35 bits per heavy atom. The van der Waals surface area contributed by atoms with Gasteiger partial charge in [-0.1, -0.05) is 57.2 Å². The van der Waals surface area contributed by atoms with Crippen LogP contribution in [-0.2, 0) is 6.42 Å². The van der Waals surface area contributed by atoms with E-state index < -0.39 is 24.2 Å². The number of rotatable bonds is 8. The van der Waals surface area contributed by atoms with Gasteiger partial charge in [-0.15, -0.1) is 0 Å². The maximum Gasteiger partial charge on any atom is 0.494 e. The van der Waals surface area contributed by atoms with Crippen LogP contribution < -0.4 is 5.46 Å². The van der Waals surface area contributed by atoms with E-state index in [1.807, 2.05) is 6.07 Å². The third-order valence-corrected chi connectivity index (χ3v) is 4.21. The summed E-state index contributed by atoms with van der Waals surface area (Å²) in [5, 5.41) is 18.8. The van der Waals surface area contributed by atoms with Gasteiger partial charge < -0.3 is 10.0 Å². The van der Waals surface area contributed by atoms with Crippen LogP contribution in [0.1, 0.15) is 51.0 Å². The van der Waals surface area contributed by atoms with Gasteiger partial charge in [0.1, 0.15) is 11.6 Å². The molecule has 2 nitrogen and oxygen atoms in total. The van der Waals surface area contributed by atoms with E-state index in [0.29, 0.717) is 5.39 Å². The Bertz CT molecular complexity index is 659. The molecule has 0 fully saturated rings. The molecule has 2 rings (SSSR count). The van der Waals surface area contributed by atoms with Crippen LogP contribution in [0.2, 0.25) is 0 Å². The van der Waals surface area contributed by atoms with Crippen LogP contribution in [0.25, 0.3) is 10.8 Å². The minimum Gasteiger partial charge on any atom is -0.423 e. The third-order valence-electron chi connectivity index (χ3n) is 4.21. The van der Waals surface area contributed by atoms with Crippen molar-refractivity contribution in [3.8, 4) is 0 Å². The number of unbranched alkanes of at least 4 members (excludes halogenated alkanes) is 5. The van der Waals surface area contributed by atoms with E-state index in [9.17, 15) is 8.78 Å². The Morgan fingerprint density at radius 1 is 0.957 bits per heavy atom. The molecular weight excluding hydrogens is 297 g/mol. The molecule has 0 aliphatic rings. The molecular formula is C18H23BF2O2. The summed E-state index contributed by atoms with van der Waals surface area (Å²) in [4.78, 5) is 0. The summed E-state index contributed by atoms with van der Waals surface area (Å²) < 4.78 is 28.0. The molecule has 0 aromatic heterocycles. The summed E-state index contributed by atoms with van der Waals surface area (Å²) in [7, 11) is -2.15. The maximum atomic E-state index is 14.2. The average Bonchev–Trinajstić information content (AvgIpc) is 2.50. The van der Waals surface area contributed by atoms with Crippen LogP contribution in [0.3, 0.4) is 0 Å². The molecule has 0 radical (unpaired) electrons. The third kappa shape index (κ3) is 4.52. The summed E-state index contributed by atoms with van der Waals surface area (Å²) in [6, 6.07) is 6.35. The SMILES string of the molecule is CCCCCCCCc1ccc2c(F)c(B(O)O)c(F)cc2c1. The van der Waals surface area contributed by atoms with E-state index in [0.717, 1.165) is 30.9 Å². The van der Waals surface area contributed by atoms with Gasteiger partial charge in [0.25, 0.3) is 0 Å². The number of benzene rings is 2. The highest BCUT2D eigenvalue weighted by molar-refractivity contribution is 6.59. The first kappa shape index (κ1) is 17.9. The van der Waals surface area contributed by atoms with Gasteiger partial charge in [-0.25, -0.2) is 8.78 Å². The van der Waals surface area contributed by atoms with Crippen molar-refractivity contribution >= 4 is 23.4 Å². The quantitative estimate of drug-likeness (QED) is 0.575. The number of hydrogen-bond acceptors (Lipinski definition) is 2. The molecule has 124 valence electrons. The molecule has 0 amide bonds. The van der Waals surface area contributed by atoms with E-state index in [2.05, 4.69) is 6.92 Å². The lowest BCUT2D eigenvalue weighted by Crippen LogP contribution is -2.35. The second-order valence-corrected chi connectivity index (χ2v) is 6.03. The fourth-order valence-corrected chi connectivity index (χ4v) is 2.90. The zero-order chi connectivity index (χ0) is 16.8. The second kappa shape index (κ2) is 8.41. The molecule has 2 aromatic carbocycles. The molecule has 0 aliphatic carbocycles. The van der Waals surface area contributed by atoms with Gasteiger partial charge in [0.05, 0.1) is 5.46 Å². The fourth-order valence-electron chi connectivity index (χ4n) is 2.90. The van der Waals surface area contributed by atoms with Gasteiger partial charge >= 0.3 is 7.12 Å². The highest BCUT2D eigenvalue weighted by Gasteiger charge is 2.23. The Labute approximate surface area is 136 Å². The van der Waals surface area contributed by atoms with E-state index in [1.165, 1.54) is 25.7 Å². The Hall–Kier alpha value is -1.46. The molecule has 0 saturated carbocycles. The molecule has 2 aromatic rings. The van der Waals surface area contributed by atoms with E-state index >= 15 is 0 Å². The van der Waals surface area contributed by atoms with Crippen molar-refractivity contribution < 1.29 is 18.8 Å². The molecule has 0 spiro atoms. The lowest BCUT2D eigenvalue weighted by molar-refractivity contribution is 0.420. The molecule has 23 heavy (non-hydrogen) atoms. The fraction of sp³-hybridized carbons (Fsp3) is 0.444. The lowest BCUT2D eigenvalue weighted by atomic mass is 9.78. The van der Waals surface area contributed by atoms with Gasteiger partial charge in [-0.05, 0) is 29.9 Å². The normalized spacial score (nSPS) is 11.2. The average molecular weight is 320 g/mol. The maximum absolute atomic E-state index is 14.2. The zero-order valence-electron chi connectivity index (χ0n) is 13.5. The molecule has 0 unspecified atom stereocenters. The molecule has 0 heterocycles. The van der Waals surface area contributed by atoms with Crippen molar-refractivity contribution in [2.75, 3.05) is 0 Å². The molecule has 2 N–H and O–H groups in total. The number of aryl methyl sites for hydroxylation is 1.